The Labute approximate surface area is 121 Å². The van der Waals surface area contributed by atoms with E-state index in [2.05, 4.69) is 10.6 Å². The first-order valence-corrected chi connectivity index (χ1v) is 6.72. The van der Waals surface area contributed by atoms with E-state index in [1.165, 1.54) is 6.07 Å². The number of nitrogens with one attached hydrogen (secondary N) is 2. The fourth-order valence-corrected chi connectivity index (χ4v) is 2.47. The number of amides is 1. The van der Waals surface area contributed by atoms with Crippen molar-refractivity contribution in [2.24, 2.45) is 5.92 Å². The monoisotopic (exact) mass is 288 g/mol. The van der Waals surface area contributed by atoms with Crippen molar-refractivity contribution in [3.05, 3.63) is 59.7 Å². The number of fused-ring (bicyclic) bond motifs is 1. The van der Waals surface area contributed by atoms with E-state index < -0.39 is 11.6 Å². The largest absolute Gasteiger partial charge is 0.384 e. The van der Waals surface area contributed by atoms with E-state index in [-0.39, 0.29) is 17.5 Å². The molecule has 0 radical (unpaired) electrons. The highest BCUT2D eigenvalue weighted by Gasteiger charge is 2.25. The molecule has 5 heteroatoms. The Morgan fingerprint density at radius 2 is 1.81 bits per heavy atom. The highest BCUT2D eigenvalue weighted by molar-refractivity contribution is 5.93. The molecule has 3 nitrogen and oxygen atoms in total. The van der Waals surface area contributed by atoms with Crippen molar-refractivity contribution in [3.63, 3.8) is 0 Å². The maximum absolute atomic E-state index is 13.5. The molecule has 1 unspecified atom stereocenters. The Morgan fingerprint density at radius 3 is 2.57 bits per heavy atom. The fourth-order valence-electron chi connectivity index (χ4n) is 2.47. The summed E-state index contributed by atoms with van der Waals surface area (Å²) in [6.45, 7) is 0.443. The van der Waals surface area contributed by atoms with E-state index in [0.29, 0.717) is 13.0 Å². The van der Waals surface area contributed by atoms with Crippen molar-refractivity contribution < 1.29 is 13.6 Å². The molecule has 1 heterocycles. The SMILES string of the molecule is O=C(Nc1c(F)cccc1F)C1CNc2ccccc2C1. The van der Waals surface area contributed by atoms with Gasteiger partial charge >= 0.3 is 0 Å². The second kappa shape index (κ2) is 5.52. The average molecular weight is 288 g/mol. The van der Waals surface area contributed by atoms with Gasteiger partial charge in [-0.1, -0.05) is 24.3 Å². The van der Waals surface area contributed by atoms with E-state index >= 15 is 0 Å². The molecule has 3 rings (SSSR count). The number of halogens is 2. The topological polar surface area (TPSA) is 41.1 Å². The highest BCUT2D eigenvalue weighted by atomic mass is 19.1. The number of carbonyl (C=O) groups excluding carboxylic acids is 1. The van der Waals surface area contributed by atoms with Crippen LogP contribution in [0.2, 0.25) is 0 Å². The Hall–Kier alpha value is -2.43. The molecule has 21 heavy (non-hydrogen) atoms. The fraction of sp³-hybridized carbons (Fsp3) is 0.188. The van der Waals surface area contributed by atoms with E-state index in [9.17, 15) is 13.6 Å². The minimum Gasteiger partial charge on any atom is -0.384 e. The molecule has 0 saturated carbocycles. The molecule has 1 amide bonds. The summed E-state index contributed by atoms with van der Waals surface area (Å²) in [5.74, 6) is -2.29. The first-order chi connectivity index (χ1) is 10.1. The number of carbonyl (C=O) groups is 1. The molecule has 0 saturated heterocycles. The Morgan fingerprint density at radius 1 is 1.10 bits per heavy atom. The van der Waals surface area contributed by atoms with Gasteiger partial charge in [-0.05, 0) is 30.2 Å². The van der Waals surface area contributed by atoms with Crippen LogP contribution in [0.3, 0.4) is 0 Å². The maximum atomic E-state index is 13.5. The number of hydrogen-bond donors (Lipinski definition) is 2. The Bertz CT molecular complexity index is 667. The van der Waals surface area contributed by atoms with Gasteiger partial charge in [0.15, 0.2) is 0 Å². The lowest BCUT2D eigenvalue weighted by Crippen LogP contribution is -2.34. The van der Waals surface area contributed by atoms with Gasteiger partial charge in [0.05, 0.1) is 5.92 Å². The second-order valence-corrected chi connectivity index (χ2v) is 5.03. The van der Waals surface area contributed by atoms with Gasteiger partial charge in [-0.2, -0.15) is 0 Å². The summed E-state index contributed by atoms with van der Waals surface area (Å²) in [7, 11) is 0. The predicted molar refractivity (Wildman–Crippen MR) is 77.1 cm³/mol. The molecule has 0 bridgehead atoms. The van der Waals surface area contributed by atoms with Crippen LogP contribution in [0.5, 0.6) is 0 Å². The molecule has 0 aliphatic carbocycles. The molecule has 1 aliphatic rings. The maximum Gasteiger partial charge on any atom is 0.229 e. The van der Waals surface area contributed by atoms with Crippen LogP contribution in [0, 0.1) is 17.6 Å². The first-order valence-electron chi connectivity index (χ1n) is 6.72. The summed E-state index contributed by atoms with van der Waals surface area (Å²) in [5, 5.41) is 5.51. The molecule has 1 atom stereocenters. The van der Waals surface area contributed by atoms with Gasteiger partial charge in [-0.3, -0.25) is 4.79 Å². The first kappa shape index (κ1) is 13.5. The van der Waals surface area contributed by atoms with Crippen LogP contribution in [-0.2, 0) is 11.2 Å². The minimum atomic E-state index is -0.771. The highest BCUT2D eigenvalue weighted by Crippen LogP contribution is 2.26. The quantitative estimate of drug-likeness (QED) is 0.891. The lowest BCUT2D eigenvalue weighted by molar-refractivity contribution is -0.119. The number of hydrogen-bond acceptors (Lipinski definition) is 2. The van der Waals surface area contributed by atoms with E-state index in [1.54, 1.807) is 0 Å². The molecule has 0 fully saturated rings. The second-order valence-electron chi connectivity index (χ2n) is 5.03. The van der Waals surface area contributed by atoms with Gasteiger partial charge < -0.3 is 10.6 Å². The van der Waals surface area contributed by atoms with Gasteiger partial charge in [-0.25, -0.2) is 8.78 Å². The predicted octanol–water partition coefficient (Wildman–Crippen LogP) is 3.19. The van der Waals surface area contributed by atoms with Crippen molar-refractivity contribution in [2.75, 3.05) is 17.2 Å². The third-order valence-electron chi connectivity index (χ3n) is 3.60. The molecular weight excluding hydrogens is 274 g/mol. The van der Waals surface area contributed by atoms with Crippen LogP contribution >= 0.6 is 0 Å². The lowest BCUT2D eigenvalue weighted by atomic mass is 9.93. The van der Waals surface area contributed by atoms with Crippen LogP contribution < -0.4 is 10.6 Å². The summed E-state index contributed by atoms with van der Waals surface area (Å²) in [6.07, 6.45) is 0.547. The van der Waals surface area contributed by atoms with E-state index in [0.717, 1.165) is 23.4 Å². The normalized spacial score (nSPS) is 16.8. The molecule has 1 aliphatic heterocycles. The van der Waals surface area contributed by atoms with E-state index in [4.69, 9.17) is 0 Å². The number of rotatable bonds is 2. The zero-order chi connectivity index (χ0) is 14.8. The number of benzene rings is 2. The van der Waals surface area contributed by atoms with Crippen LogP contribution in [0.1, 0.15) is 5.56 Å². The van der Waals surface area contributed by atoms with Gasteiger partial charge in [0.2, 0.25) is 5.91 Å². The molecular formula is C16H14F2N2O. The third-order valence-corrected chi connectivity index (χ3v) is 3.60. The summed E-state index contributed by atoms with van der Waals surface area (Å²) in [6, 6.07) is 11.2. The minimum absolute atomic E-state index is 0.362. The van der Waals surface area contributed by atoms with Gasteiger partial charge in [-0.15, -0.1) is 0 Å². The number of anilines is 2. The summed E-state index contributed by atoms with van der Waals surface area (Å²) >= 11 is 0. The zero-order valence-electron chi connectivity index (χ0n) is 11.2. The van der Waals surface area contributed by atoms with Crippen molar-refractivity contribution >= 4 is 17.3 Å². The van der Waals surface area contributed by atoms with Gasteiger partial charge in [0.1, 0.15) is 17.3 Å². The third kappa shape index (κ3) is 2.72. The molecule has 0 aromatic heterocycles. The molecule has 108 valence electrons. The van der Waals surface area contributed by atoms with Crippen LogP contribution in [0.25, 0.3) is 0 Å². The Balaban J connectivity index is 1.76. The molecule has 2 aromatic rings. The van der Waals surface area contributed by atoms with Crippen molar-refractivity contribution in [1.82, 2.24) is 0 Å². The van der Waals surface area contributed by atoms with Crippen LogP contribution in [-0.4, -0.2) is 12.5 Å². The number of para-hydroxylation sites is 2. The van der Waals surface area contributed by atoms with E-state index in [1.807, 2.05) is 24.3 Å². The van der Waals surface area contributed by atoms with Gasteiger partial charge in [0, 0.05) is 12.2 Å². The Kier molecular flexibility index (Phi) is 3.56. The molecule has 2 aromatic carbocycles. The van der Waals surface area contributed by atoms with Gasteiger partial charge in [0.25, 0.3) is 0 Å². The zero-order valence-corrected chi connectivity index (χ0v) is 11.2. The standard InChI is InChI=1S/C16H14F2N2O/c17-12-5-3-6-13(18)15(12)20-16(21)11-8-10-4-1-2-7-14(10)19-9-11/h1-7,11,19H,8-9H2,(H,20,21). The van der Waals surface area contributed by atoms with Crippen molar-refractivity contribution in [2.45, 2.75) is 6.42 Å². The lowest BCUT2D eigenvalue weighted by Gasteiger charge is -2.25. The van der Waals surface area contributed by atoms with Crippen molar-refractivity contribution in [3.8, 4) is 0 Å². The molecule has 0 spiro atoms. The summed E-state index contributed by atoms with van der Waals surface area (Å²) < 4.78 is 27.1. The smallest absolute Gasteiger partial charge is 0.229 e. The van der Waals surface area contributed by atoms with Crippen LogP contribution in [0.15, 0.2) is 42.5 Å². The van der Waals surface area contributed by atoms with Crippen LogP contribution in [0.4, 0.5) is 20.2 Å². The summed E-state index contributed by atoms with van der Waals surface area (Å²) in [5.41, 5.74) is 1.64. The molecule has 2 N–H and O–H groups in total. The van der Waals surface area contributed by atoms with Crippen molar-refractivity contribution in [1.29, 1.82) is 0 Å². The average Bonchev–Trinajstić information content (AvgIpc) is 2.50. The summed E-state index contributed by atoms with van der Waals surface area (Å²) in [4.78, 5) is 12.2.